The summed E-state index contributed by atoms with van der Waals surface area (Å²) in [5.41, 5.74) is 2.41. The quantitative estimate of drug-likeness (QED) is 0.653. The van der Waals surface area contributed by atoms with Crippen molar-refractivity contribution in [2.75, 3.05) is 5.32 Å². The van der Waals surface area contributed by atoms with E-state index in [4.69, 9.17) is 5.11 Å². The Bertz CT molecular complexity index is 523. The summed E-state index contributed by atoms with van der Waals surface area (Å²) in [4.78, 5) is 11.8. The number of anilines is 2. The van der Waals surface area contributed by atoms with Crippen LogP contribution in [0.25, 0.3) is 0 Å². The van der Waals surface area contributed by atoms with Gasteiger partial charge in [0.05, 0.1) is 11.4 Å². The van der Waals surface area contributed by atoms with Crippen molar-refractivity contribution in [3.8, 4) is 0 Å². The number of rotatable bonds is 1. The first-order valence-electron chi connectivity index (χ1n) is 5.69. The highest BCUT2D eigenvalue weighted by Gasteiger charge is 2.13. The van der Waals surface area contributed by atoms with E-state index in [2.05, 4.69) is 60.4 Å². The van der Waals surface area contributed by atoms with Crippen LogP contribution in [0.2, 0.25) is 0 Å². The van der Waals surface area contributed by atoms with Gasteiger partial charge in [-0.15, -0.1) is 0 Å². The Morgan fingerprint density at radius 3 is 1.89 bits per heavy atom. The molecule has 1 heterocycles. The van der Waals surface area contributed by atoms with Crippen molar-refractivity contribution in [1.82, 2.24) is 0 Å². The van der Waals surface area contributed by atoms with E-state index in [-0.39, 0.29) is 0 Å². The number of carbonyl (C=O) groups is 1. The average molecular weight is 271 g/mol. The van der Waals surface area contributed by atoms with Crippen LogP contribution in [0.3, 0.4) is 0 Å². The second-order valence-electron chi connectivity index (χ2n) is 3.76. The molecule has 1 aliphatic rings. The highest BCUT2D eigenvalue weighted by atomic mass is 32.2. The van der Waals surface area contributed by atoms with E-state index in [1.807, 2.05) is 11.8 Å². The number of fused-ring (bicyclic) bond motifs is 2. The molecule has 0 saturated carbocycles. The number of nitrogens with one attached hydrogen (secondary N) is 1. The largest absolute Gasteiger partial charge is 0.478 e. The standard InChI is InChI=1S/C12H9NS.C3H4O2/c1-3-7-11-9(5-1)13-10-6-2-4-8-12(10)14-11;1-2-3(4)5/h1-8,13H;2H,1H2,(H,4,5). The highest BCUT2D eigenvalue weighted by molar-refractivity contribution is 7.99. The van der Waals surface area contributed by atoms with Crippen LogP contribution in [0.1, 0.15) is 0 Å². The van der Waals surface area contributed by atoms with E-state index in [1.54, 1.807) is 0 Å². The molecule has 0 amide bonds. The van der Waals surface area contributed by atoms with Gasteiger partial charge in [-0.2, -0.15) is 0 Å². The molecule has 2 aromatic rings. The van der Waals surface area contributed by atoms with Gasteiger partial charge in [0.25, 0.3) is 0 Å². The van der Waals surface area contributed by atoms with Crippen LogP contribution in [-0.2, 0) is 4.79 Å². The molecule has 1 aliphatic heterocycles. The van der Waals surface area contributed by atoms with E-state index < -0.39 is 5.97 Å². The Balaban J connectivity index is 0.000000232. The van der Waals surface area contributed by atoms with Crippen LogP contribution in [0.5, 0.6) is 0 Å². The monoisotopic (exact) mass is 271 g/mol. The summed E-state index contributed by atoms with van der Waals surface area (Å²) in [6.07, 6.45) is 0.833. The molecule has 0 fully saturated rings. The molecule has 0 aliphatic carbocycles. The van der Waals surface area contributed by atoms with Crippen LogP contribution in [0, 0.1) is 0 Å². The fraction of sp³-hybridized carbons (Fsp3) is 0. The molecule has 0 spiro atoms. The van der Waals surface area contributed by atoms with Crippen molar-refractivity contribution < 1.29 is 9.90 Å². The van der Waals surface area contributed by atoms with Crippen molar-refractivity contribution in [3.63, 3.8) is 0 Å². The number of benzene rings is 2. The average Bonchev–Trinajstić information content (AvgIpc) is 2.45. The van der Waals surface area contributed by atoms with Gasteiger partial charge in [0.2, 0.25) is 0 Å². The molecule has 0 atom stereocenters. The molecule has 2 N–H and O–H groups in total. The number of aliphatic carboxylic acids is 1. The third kappa shape index (κ3) is 3.39. The zero-order valence-electron chi connectivity index (χ0n) is 10.2. The van der Waals surface area contributed by atoms with Gasteiger partial charge >= 0.3 is 5.97 Å². The van der Waals surface area contributed by atoms with Gasteiger partial charge in [-0.25, -0.2) is 4.79 Å². The van der Waals surface area contributed by atoms with Crippen LogP contribution < -0.4 is 5.32 Å². The maximum Gasteiger partial charge on any atom is 0.327 e. The van der Waals surface area contributed by atoms with Crippen LogP contribution in [0.4, 0.5) is 11.4 Å². The lowest BCUT2D eigenvalue weighted by Crippen LogP contribution is -1.98. The molecule has 4 heteroatoms. The minimum atomic E-state index is -0.981. The van der Waals surface area contributed by atoms with Gasteiger partial charge < -0.3 is 10.4 Å². The van der Waals surface area contributed by atoms with Crippen molar-refractivity contribution >= 4 is 29.1 Å². The lowest BCUT2D eigenvalue weighted by atomic mass is 10.2. The number of carboxylic acid groups (broad SMARTS) is 1. The van der Waals surface area contributed by atoms with E-state index in [1.165, 1.54) is 21.2 Å². The van der Waals surface area contributed by atoms with Crippen molar-refractivity contribution in [2.24, 2.45) is 0 Å². The van der Waals surface area contributed by atoms with Crippen LogP contribution in [-0.4, -0.2) is 11.1 Å². The Hall–Kier alpha value is -2.20. The summed E-state index contributed by atoms with van der Waals surface area (Å²) in [5.74, 6) is -0.981. The minimum Gasteiger partial charge on any atom is -0.478 e. The van der Waals surface area contributed by atoms with Crippen molar-refractivity contribution in [2.45, 2.75) is 9.79 Å². The molecule has 3 rings (SSSR count). The van der Waals surface area contributed by atoms with Crippen molar-refractivity contribution in [1.29, 1.82) is 0 Å². The second-order valence-corrected chi connectivity index (χ2v) is 4.85. The molecule has 0 aromatic heterocycles. The lowest BCUT2D eigenvalue weighted by molar-refractivity contribution is -0.131. The third-order valence-electron chi connectivity index (χ3n) is 2.44. The Morgan fingerprint density at radius 2 is 1.47 bits per heavy atom. The molecule has 0 saturated heterocycles. The first-order valence-corrected chi connectivity index (χ1v) is 6.50. The molecule has 19 heavy (non-hydrogen) atoms. The molecular weight excluding hydrogens is 258 g/mol. The smallest absolute Gasteiger partial charge is 0.327 e. The Labute approximate surface area is 116 Å². The summed E-state index contributed by atoms with van der Waals surface area (Å²) >= 11 is 1.82. The predicted molar refractivity (Wildman–Crippen MR) is 78.1 cm³/mol. The van der Waals surface area contributed by atoms with E-state index in [0.717, 1.165) is 6.08 Å². The van der Waals surface area contributed by atoms with Crippen molar-refractivity contribution in [3.05, 3.63) is 61.2 Å². The van der Waals surface area contributed by atoms with Crippen LogP contribution in [0.15, 0.2) is 71.0 Å². The summed E-state index contributed by atoms with van der Waals surface area (Å²) in [5, 5.41) is 11.0. The maximum absolute atomic E-state index is 9.25. The van der Waals surface area contributed by atoms with Gasteiger partial charge in [-0.05, 0) is 24.3 Å². The first-order chi connectivity index (χ1) is 9.20. The lowest BCUT2D eigenvalue weighted by Gasteiger charge is -2.19. The molecule has 2 aromatic carbocycles. The van der Waals surface area contributed by atoms with Gasteiger partial charge in [0.15, 0.2) is 0 Å². The Kier molecular flexibility index (Phi) is 4.26. The molecule has 0 unspecified atom stereocenters. The zero-order valence-corrected chi connectivity index (χ0v) is 11.0. The van der Waals surface area contributed by atoms with Gasteiger partial charge in [-0.1, -0.05) is 42.6 Å². The topological polar surface area (TPSA) is 49.3 Å². The zero-order chi connectivity index (χ0) is 13.7. The summed E-state index contributed by atoms with van der Waals surface area (Å²) in [6.45, 7) is 2.96. The van der Waals surface area contributed by atoms with E-state index in [9.17, 15) is 4.79 Å². The summed E-state index contributed by atoms with van der Waals surface area (Å²) in [6, 6.07) is 16.8. The fourth-order valence-electron chi connectivity index (χ4n) is 1.58. The second kappa shape index (κ2) is 6.11. The SMILES string of the molecule is C=CC(=O)O.c1ccc2c(c1)Nc1ccccc1S2. The van der Waals surface area contributed by atoms with E-state index >= 15 is 0 Å². The van der Waals surface area contributed by atoms with Crippen LogP contribution >= 0.6 is 11.8 Å². The van der Waals surface area contributed by atoms with Gasteiger partial charge in [0.1, 0.15) is 0 Å². The van der Waals surface area contributed by atoms with Gasteiger partial charge in [0, 0.05) is 15.9 Å². The number of para-hydroxylation sites is 2. The maximum atomic E-state index is 9.25. The molecule has 0 radical (unpaired) electrons. The Morgan fingerprint density at radius 1 is 1.05 bits per heavy atom. The number of carboxylic acids is 1. The third-order valence-corrected chi connectivity index (χ3v) is 3.59. The van der Waals surface area contributed by atoms with Gasteiger partial charge in [-0.3, -0.25) is 0 Å². The molecule has 96 valence electrons. The number of hydrogen-bond acceptors (Lipinski definition) is 3. The van der Waals surface area contributed by atoms with E-state index in [0.29, 0.717) is 0 Å². The molecule has 3 nitrogen and oxygen atoms in total. The summed E-state index contributed by atoms with van der Waals surface area (Å²) in [7, 11) is 0. The fourth-order valence-corrected chi connectivity index (χ4v) is 2.57. The normalized spacial score (nSPS) is 10.9. The predicted octanol–water partition coefficient (Wildman–Crippen LogP) is 4.15. The minimum absolute atomic E-state index is 0.833. The first kappa shape index (κ1) is 13.2. The summed E-state index contributed by atoms with van der Waals surface area (Å²) < 4.78 is 0. The molecular formula is C15H13NO2S. The molecule has 0 bridgehead atoms. The number of hydrogen-bond donors (Lipinski definition) is 2. The highest BCUT2D eigenvalue weighted by Crippen LogP contribution is 2.43.